The molecule has 1 aliphatic heterocycles. The molecule has 1 aromatic carbocycles. The van der Waals surface area contributed by atoms with Crippen molar-refractivity contribution in [1.82, 2.24) is 24.2 Å². The summed E-state index contributed by atoms with van der Waals surface area (Å²) < 4.78 is 51.2. The fraction of sp³-hybridized carbons (Fsp3) is 0.167. The van der Waals surface area contributed by atoms with E-state index >= 15 is 4.39 Å². The van der Waals surface area contributed by atoms with Gasteiger partial charge in [-0.05, 0) is 29.9 Å². The second-order valence-electron chi connectivity index (χ2n) is 8.38. The molecule has 2 N–H and O–H groups in total. The Morgan fingerprint density at radius 3 is 2.50 bits per heavy atom. The van der Waals surface area contributed by atoms with E-state index in [1.807, 2.05) is 0 Å². The third-order valence-electron chi connectivity index (χ3n) is 5.77. The molecule has 4 heterocycles. The van der Waals surface area contributed by atoms with E-state index in [0.29, 0.717) is 22.2 Å². The average molecular weight is 515 g/mol. The SMILES string of the molecule is C=S(=C)(Nc1cccc(C(=O)c2c[nH]c3ncc(-c4cnc(OC)nc4)cc23)c1F)N1CC(F)(F)C1. The van der Waals surface area contributed by atoms with Crippen LogP contribution < -0.4 is 9.46 Å². The van der Waals surface area contributed by atoms with Gasteiger partial charge in [-0.2, -0.15) is 0 Å². The number of nitrogens with one attached hydrogen (secondary N) is 2. The lowest BCUT2D eigenvalue weighted by atomic mass is 10.0. The fourth-order valence-corrected chi connectivity index (χ4v) is 5.41. The van der Waals surface area contributed by atoms with Crippen LogP contribution in [0.4, 0.5) is 18.9 Å². The zero-order valence-electron chi connectivity index (χ0n) is 19.1. The summed E-state index contributed by atoms with van der Waals surface area (Å²) in [6.07, 6.45) is 6.21. The van der Waals surface area contributed by atoms with E-state index in [1.165, 1.54) is 35.8 Å². The maximum absolute atomic E-state index is 15.5. The normalized spacial score (nSPS) is 15.4. The molecular formula is C24H21F3N6O2S. The number of benzene rings is 1. The predicted octanol–water partition coefficient (Wildman–Crippen LogP) is 4.26. The first-order valence-electron chi connectivity index (χ1n) is 10.6. The molecule has 0 bridgehead atoms. The first kappa shape index (κ1) is 23.8. The average Bonchev–Trinajstić information content (AvgIpc) is 3.26. The van der Waals surface area contributed by atoms with Crippen LogP contribution in [0.3, 0.4) is 0 Å². The molecular weight excluding hydrogens is 493 g/mol. The highest BCUT2D eigenvalue weighted by atomic mass is 32.2. The number of alkyl halides is 2. The Bertz CT molecular complexity index is 1580. The van der Waals surface area contributed by atoms with E-state index in [9.17, 15) is 13.6 Å². The van der Waals surface area contributed by atoms with Gasteiger partial charge in [-0.1, -0.05) is 15.6 Å². The number of H-pyrrole nitrogens is 1. The molecule has 3 aromatic heterocycles. The highest BCUT2D eigenvalue weighted by molar-refractivity contribution is 8.26. The summed E-state index contributed by atoms with van der Waals surface area (Å²) in [5.74, 6) is 3.55. The number of hydrogen-bond donors (Lipinski definition) is 2. The number of halogens is 3. The third-order valence-corrected chi connectivity index (χ3v) is 7.62. The van der Waals surface area contributed by atoms with Crippen molar-refractivity contribution in [3.8, 4) is 17.1 Å². The lowest BCUT2D eigenvalue weighted by Gasteiger charge is -2.43. The number of anilines is 1. The van der Waals surface area contributed by atoms with Gasteiger partial charge < -0.3 is 14.4 Å². The Kier molecular flexibility index (Phi) is 5.72. The number of ketones is 1. The number of aromatic nitrogens is 4. The van der Waals surface area contributed by atoms with Crippen LogP contribution in [-0.4, -0.2) is 67.9 Å². The minimum atomic E-state index is -2.81. The van der Waals surface area contributed by atoms with Gasteiger partial charge in [0.05, 0.1) is 31.5 Å². The van der Waals surface area contributed by atoms with Crippen LogP contribution in [0.25, 0.3) is 22.2 Å². The molecule has 0 aliphatic carbocycles. The van der Waals surface area contributed by atoms with Gasteiger partial charge in [0.25, 0.3) is 5.92 Å². The van der Waals surface area contributed by atoms with Gasteiger partial charge >= 0.3 is 6.01 Å². The van der Waals surface area contributed by atoms with Gasteiger partial charge in [-0.3, -0.25) is 4.79 Å². The number of nitrogens with zero attached hydrogens (tertiary/aromatic N) is 4. The molecule has 12 heteroatoms. The van der Waals surface area contributed by atoms with Crippen LogP contribution in [0.2, 0.25) is 0 Å². The number of hydrogen-bond acceptors (Lipinski definition) is 7. The smallest absolute Gasteiger partial charge is 0.316 e. The molecule has 5 rings (SSSR count). The predicted molar refractivity (Wildman–Crippen MR) is 135 cm³/mol. The topological polar surface area (TPSA) is 96.0 Å². The number of fused-ring (bicyclic) bond motifs is 1. The molecule has 1 saturated heterocycles. The van der Waals surface area contributed by atoms with Crippen molar-refractivity contribution in [2.75, 3.05) is 24.9 Å². The molecule has 1 fully saturated rings. The summed E-state index contributed by atoms with van der Waals surface area (Å²) in [4.78, 5) is 28.8. The van der Waals surface area contributed by atoms with Crippen molar-refractivity contribution in [1.29, 1.82) is 0 Å². The Labute approximate surface area is 204 Å². The minimum absolute atomic E-state index is 0.0369. The van der Waals surface area contributed by atoms with E-state index in [0.717, 1.165) is 0 Å². The minimum Gasteiger partial charge on any atom is -0.467 e. The summed E-state index contributed by atoms with van der Waals surface area (Å²) in [7, 11) is -0.966. The molecule has 186 valence electrons. The number of methoxy groups -OCH3 is 1. The molecule has 1 aliphatic rings. The molecule has 0 saturated carbocycles. The highest BCUT2D eigenvalue weighted by Gasteiger charge is 2.45. The van der Waals surface area contributed by atoms with Crippen LogP contribution in [0.5, 0.6) is 6.01 Å². The van der Waals surface area contributed by atoms with Gasteiger partial charge in [-0.25, -0.2) is 32.4 Å². The van der Waals surface area contributed by atoms with Gasteiger partial charge in [0.2, 0.25) is 0 Å². The maximum atomic E-state index is 15.5. The van der Waals surface area contributed by atoms with E-state index in [2.05, 4.69) is 36.4 Å². The molecule has 0 radical (unpaired) electrons. The molecule has 0 amide bonds. The maximum Gasteiger partial charge on any atom is 0.316 e. The molecule has 0 unspecified atom stereocenters. The Morgan fingerprint density at radius 1 is 1.14 bits per heavy atom. The van der Waals surface area contributed by atoms with E-state index < -0.39 is 40.2 Å². The number of aromatic amines is 1. The van der Waals surface area contributed by atoms with Gasteiger partial charge in [-0.15, -0.1) is 0 Å². The van der Waals surface area contributed by atoms with Gasteiger partial charge in [0, 0.05) is 46.9 Å². The van der Waals surface area contributed by atoms with Crippen molar-refractivity contribution < 1.29 is 22.7 Å². The van der Waals surface area contributed by atoms with Crippen LogP contribution in [0, 0.1) is 5.82 Å². The summed E-state index contributed by atoms with van der Waals surface area (Å²) in [6, 6.07) is 6.24. The molecule has 8 nitrogen and oxygen atoms in total. The van der Waals surface area contributed by atoms with Crippen LogP contribution >= 0.6 is 9.58 Å². The van der Waals surface area contributed by atoms with Crippen molar-refractivity contribution in [3.05, 3.63) is 66.0 Å². The number of carbonyl (C=O) groups is 1. The number of rotatable bonds is 7. The largest absolute Gasteiger partial charge is 0.467 e. The van der Waals surface area contributed by atoms with E-state index in [1.54, 1.807) is 24.7 Å². The zero-order chi connectivity index (χ0) is 25.7. The fourth-order valence-electron chi connectivity index (χ4n) is 3.84. The number of pyridine rings is 1. The van der Waals surface area contributed by atoms with Crippen molar-refractivity contribution in [2.45, 2.75) is 5.92 Å². The lowest BCUT2D eigenvalue weighted by Crippen LogP contribution is -2.54. The highest BCUT2D eigenvalue weighted by Crippen LogP contribution is 2.40. The molecule has 0 atom stereocenters. The lowest BCUT2D eigenvalue weighted by molar-refractivity contribution is -0.0908. The van der Waals surface area contributed by atoms with E-state index in [4.69, 9.17) is 4.74 Å². The Hall–Kier alpha value is -3.90. The quantitative estimate of drug-likeness (QED) is 0.281. The van der Waals surface area contributed by atoms with Crippen LogP contribution in [-0.2, 0) is 0 Å². The molecule has 4 aromatic rings. The third kappa shape index (κ3) is 4.29. The van der Waals surface area contributed by atoms with Crippen LogP contribution in [0.15, 0.2) is 49.1 Å². The summed E-state index contributed by atoms with van der Waals surface area (Å²) in [5, 5.41) is 0.489. The number of carbonyl (C=O) groups excluding carboxylic acids is 1. The molecule has 36 heavy (non-hydrogen) atoms. The van der Waals surface area contributed by atoms with Crippen molar-refractivity contribution in [2.24, 2.45) is 0 Å². The summed E-state index contributed by atoms with van der Waals surface area (Å²) >= 11 is 0. The summed E-state index contributed by atoms with van der Waals surface area (Å²) in [5.41, 5.74) is 1.75. The zero-order valence-corrected chi connectivity index (χ0v) is 19.9. The van der Waals surface area contributed by atoms with Crippen molar-refractivity contribution >= 4 is 43.8 Å². The Balaban J connectivity index is 1.46. The van der Waals surface area contributed by atoms with Crippen molar-refractivity contribution in [3.63, 3.8) is 0 Å². The second kappa shape index (κ2) is 8.64. The van der Waals surface area contributed by atoms with Gasteiger partial charge in [0.15, 0.2) is 11.6 Å². The first-order valence-corrected chi connectivity index (χ1v) is 12.6. The Morgan fingerprint density at radius 2 is 1.83 bits per heavy atom. The van der Waals surface area contributed by atoms with Crippen LogP contribution in [0.1, 0.15) is 15.9 Å². The standard InChI is InChI=1S/C24H21F3N6O2S/c1-35-23-30-9-15(10-31-23)14-7-17-18(11-29-22(17)28-8-14)21(34)16-5-4-6-19(20(16)25)32-36(2,3)33-12-24(26,27)13-33/h4-11,32H,2-3,12-13H2,1H3,(H,28,29). The summed E-state index contributed by atoms with van der Waals surface area (Å²) in [6.45, 7) is -1.01. The number of ether oxygens (including phenoxy) is 1. The monoisotopic (exact) mass is 514 g/mol. The second-order valence-corrected chi connectivity index (χ2v) is 10.8. The van der Waals surface area contributed by atoms with E-state index in [-0.39, 0.29) is 22.8 Å². The molecule has 0 spiro atoms. The van der Waals surface area contributed by atoms with Gasteiger partial charge in [0.1, 0.15) is 5.65 Å². The first-order chi connectivity index (χ1) is 17.1.